The van der Waals surface area contributed by atoms with Crippen molar-refractivity contribution in [3.63, 3.8) is 0 Å². The first-order valence-corrected chi connectivity index (χ1v) is 3.65. The Balaban J connectivity index is 2.82. The van der Waals surface area contributed by atoms with Crippen LogP contribution in [0.15, 0.2) is 12.1 Å². The van der Waals surface area contributed by atoms with Gasteiger partial charge >= 0.3 is 0 Å². The van der Waals surface area contributed by atoms with Crippen molar-refractivity contribution in [2.24, 2.45) is 0 Å². The zero-order chi connectivity index (χ0) is 9.42. The number of aromatic nitrogens is 2. The maximum absolute atomic E-state index is 13.1. The summed E-state index contributed by atoms with van der Waals surface area (Å²) in [6.45, 7) is -0.348. The lowest BCUT2D eigenvalue weighted by molar-refractivity contribution is 0.278. The predicted molar refractivity (Wildman–Crippen MR) is 41.9 cm³/mol. The molecule has 0 radical (unpaired) electrons. The van der Waals surface area contributed by atoms with Crippen molar-refractivity contribution < 1.29 is 13.9 Å². The predicted octanol–water partition coefficient (Wildman–Crippen LogP) is 1.33. The lowest BCUT2D eigenvalue weighted by atomic mass is 10.2. The Labute approximate surface area is 72.0 Å². The average Bonchev–Trinajstić information content (AvgIpc) is 2.47. The quantitative estimate of drug-likeness (QED) is 0.702. The normalized spacial score (nSPS) is 11.0. The number of hydrogen-bond donors (Lipinski definition) is 2. The highest BCUT2D eigenvalue weighted by molar-refractivity contribution is 5.81. The fraction of sp³-hybridized carbons (Fsp3) is 0.125. The van der Waals surface area contributed by atoms with Crippen LogP contribution in [0.25, 0.3) is 10.9 Å². The van der Waals surface area contributed by atoms with Crippen molar-refractivity contribution >= 4 is 10.9 Å². The summed E-state index contributed by atoms with van der Waals surface area (Å²) in [7, 11) is 0. The van der Waals surface area contributed by atoms with Gasteiger partial charge in [0.1, 0.15) is 11.6 Å². The Morgan fingerprint density at radius 3 is 2.85 bits per heavy atom. The smallest absolute Gasteiger partial charge is 0.137 e. The molecule has 0 saturated heterocycles. The van der Waals surface area contributed by atoms with Gasteiger partial charge in [-0.15, -0.1) is 0 Å². The van der Waals surface area contributed by atoms with Crippen LogP contribution >= 0.6 is 0 Å². The fourth-order valence-electron chi connectivity index (χ4n) is 1.24. The van der Waals surface area contributed by atoms with E-state index in [0.29, 0.717) is 0 Å². The van der Waals surface area contributed by atoms with E-state index in [1.54, 1.807) is 0 Å². The summed E-state index contributed by atoms with van der Waals surface area (Å²) in [5.74, 6) is -1.39. The Morgan fingerprint density at radius 1 is 1.38 bits per heavy atom. The van der Waals surface area contributed by atoms with Gasteiger partial charge in [-0.2, -0.15) is 5.10 Å². The summed E-state index contributed by atoms with van der Waals surface area (Å²) in [6, 6.07) is 1.87. The molecule has 13 heavy (non-hydrogen) atoms. The molecule has 0 aliphatic heterocycles. The number of halogens is 2. The lowest BCUT2D eigenvalue weighted by Crippen LogP contribution is -1.86. The number of fused-ring (bicyclic) bond motifs is 1. The highest BCUT2D eigenvalue weighted by Gasteiger charge is 2.10. The van der Waals surface area contributed by atoms with Crippen LogP contribution in [0, 0.1) is 11.6 Å². The SMILES string of the molecule is OCc1[nH]nc2cc(F)cc(F)c12. The highest BCUT2D eigenvalue weighted by Crippen LogP contribution is 2.20. The Hall–Kier alpha value is -1.49. The van der Waals surface area contributed by atoms with Gasteiger partial charge in [0.2, 0.25) is 0 Å². The molecule has 2 N–H and O–H groups in total. The van der Waals surface area contributed by atoms with Gasteiger partial charge in [0.15, 0.2) is 0 Å². The molecule has 0 bridgehead atoms. The molecule has 0 spiro atoms. The Kier molecular flexibility index (Phi) is 1.73. The third-order valence-electron chi connectivity index (χ3n) is 1.81. The summed E-state index contributed by atoms with van der Waals surface area (Å²) < 4.78 is 25.8. The summed E-state index contributed by atoms with van der Waals surface area (Å²) in [5, 5.41) is 15.0. The molecule has 3 nitrogen and oxygen atoms in total. The first-order valence-electron chi connectivity index (χ1n) is 3.65. The maximum atomic E-state index is 13.1. The molecule has 2 rings (SSSR count). The van der Waals surface area contributed by atoms with Crippen molar-refractivity contribution in [1.29, 1.82) is 0 Å². The van der Waals surface area contributed by atoms with Crippen LogP contribution in [0.1, 0.15) is 5.69 Å². The zero-order valence-corrected chi connectivity index (χ0v) is 6.51. The fourth-order valence-corrected chi connectivity index (χ4v) is 1.24. The van der Waals surface area contributed by atoms with E-state index >= 15 is 0 Å². The third-order valence-corrected chi connectivity index (χ3v) is 1.81. The molecule has 1 aromatic carbocycles. The molecule has 5 heteroatoms. The van der Waals surface area contributed by atoms with Crippen molar-refractivity contribution in [3.8, 4) is 0 Å². The van der Waals surface area contributed by atoms with Crippen LogP contribution in [0.5, 0.6) is 0 Å². The number of H-pyrrole nitrogens is 1. The molecule has 0 aliphatic carbocycles. The summed E-state index contributed by atoms with van der Waals surface area (Å²) in [5.41, 5.74) is 0.439. The minimum atomic E-state index is -0.715. The number of benzene rings is 1. The molecule has 0 atom stereocenters. The number of aromatic amines is 1. The summed E-state index contributed by atoms with van der Waals surface area (Å²) in [4.78, 5) is 0. The molecule has 0 fully saturated rings. The van der Waals surface area contributed by atoms with Gasteiger partial charge in [-0.05, 0) is 0 Å². The molecule has 0 saturated carbocycles. The second-order valence-corrected chi connectivity index (χ2v) is 2.64. The van der Waals surface area contributed by atoms with E-state index in [4.69, 9.17) is 5.11 Å². The van der Waals surface area contributed by atoms with Gasteiger partial charge in [0.05, 0.1) is 23.2 Å². The third kappa shape index (κ3) is 1.17. The van der Waals surface area contributed by atoms with Gasteiger partial charge in [-0.25, -0.2) is 8.78 Å². The van der Waals surface area contributed by atoms with E-state index in [9.17, 15) is 8.78 Å². The molecule has 0 unspecified atom stereocenters. The molecule has 0 amide bonds. The second kappa shape index (κ2) is 2.77. The van der Waals surface area contributed by atoms with Crippen LogP contribution in [-0.2, 0) is 6.61 Å². The van der Waals surface area contributed by atoms with E-state index in [2.05, 4.69) is 10.2 Å². The molecule has 1 heterocycles. The van der Waals surface area contributed by atoms with E-state index in [1.165, 1.54) is 0 Å². The van der Waals surface area contributed by atoms with Gasteiger partial charge in [-0.3, -0.25) is 5.10 Å². The largest absolute Gasteiger partial charge is 0.390 e. The monoisotopic (exact) mass is 184 g/mol. The molecule has 68 valence electrons. The standard InChI is InChI=1S/C8H6F2N2O/c9-4-1-5(10)8-6(2-4)11-12-7(8)3-13/h1-2,13H,3H2,(H,11,12). The Morgan fingerprint density at radius 2 is 2.15 bits per heavy atom. The van der Waals surface area contributed by atoms with Crippen LogP contribution in [-0.4, -0.2) is 15.3 Å². The van der Waals surface area contributed by atoms with Crippen molar-refractivity contribution in [3.05, 3.63) is 29.5 Å². The van der Waals surface area contributed by atoms with Gasteiger partial charge < -0.3 is 5.11 Å². The zero-order valence-electron chi connectivity index (χ0n) is 6.51. The summed E-state index contributed by atoms with van der Waals surface area (Å²) >= 11 is 0. The van der Waals surface area contributed by atoms with Crippen molar-refractivity contribution in [2.45, 2.75) is 6.61 Å². The minimum Gasteiger partial charge on any atom is -0.390 e. The number of nitrogens with zero attached hydrogens (tertiary/aromatic N) is 1. The van der Waals surface area contributed by atoms with Crippen molar-refractivity contribution in [1.82, 2.24) is 10.2 Å². The second-order valence-electron chi connectivity index (χ2n) is 2.64. The topological polar surface area (TPSA) is 48.9 Å². The van der Waals surface area contributed by atoms with Crippen LogP contribution in [0.2, 0.25) is 0 Å². The van der Waals surface area contributed by atoms with E-state index in [-0.39, 0.29) is 23.2 Å². The number of rotatable bonds is 1. The number of nitrogens with one attached hydrogen (secondary N) is 1. The molecular weight excluding hydrogens is 178 g/mol. The molecule has 2 aromatic rings. The maximum Gasteiger partial charge on any atom is 0.137 e. The van der Waals surface area contributed by atoms with Crippen LogP contribution in [0.4, 0.5) is 8.78 Å². The lowest BCUT2D eigenvalue weighted by Gasteiger charge is -1.94. The van der Waals surface area contributed by atoms with E-state index in [1.807, 2.05) is 0 Å². The average molecular weight is 184 g/mol. The van der Waals surface area contributed by atoms with E-state index < -0.39 is 11.6 Å². The van der Waals surface area contributed by atoms with E-state index in [0.717, 1.165) is 12.1 Å². The van der Waals surface area contributed by atoms with Crippen LogP contribution < -0.4 is 0 Å². The van der Waals surface area contributed by atoms with Gasteiger partial charge in [0.25, 0.3) is 0 Å². The molecular formula is C8H6F2N2O. The van der Waals surface area contributed by atoms with Crippen LogP contribution in [0.3, 0.4) is 0 Å². The first-order chi connectivity index (χ1) is 6.22. The van der Waals surface area contributed by atoms with Gasteiger partial charge in [-0.1, -0.05) is 0 Å². The number of aliphatic hydroxyl groups excluding tert-OH is 1. The van der Waals surface area contributed by atoms with Gasteiger partial charge in [0, 0.05) is 12.1 Å². The highest BCUT2D eigenvalue weighted by atomic mass is 19.1. The number of aliphatic hydroxyl groups is 1. The summed E-state index contributed by atoms with van der Waals surface area (Å²) in [6.07, 6.45) is 0. The van der Waals surface area contributed by atoms with Crippen molar-refractivity contribution in [2.75, 3.05) is 0 Å². The first kappa shape index (κ1) is 8.12. The molecule has 0 aliphatic rings. The minimum absolute atomic E-state index is 0.143. The molecule has 1 aromatic heterocycles. The Bertz CT molecular complexity index is 453. The number of hydrogen-bond acceptors (Lipinski definition) is 2.